The van der Waals surface area contributed by atoms with Crippen molar-refractivity contribution >= 4 is 19.2 Å². The SMILES string of the molecule is CC(C)CCn1cc(-c2ccc(-c3nnc([C@@](C)(N)COP(=O)(O)O)s3)cc2)cn1. The zero-order valence-electron chi connectivity index (χ0n) is 17.1. The van der Waals surface area contributed by atoms with Crippen molar-refractivity contribution in [2.24, 2.45) is 11.7 Å². The summed E-state index contributed by atoms with van der Waals surface area (Å²) in [6, 6.07) is 7.90. The van der Waals surface area contributed by atoms with Crippen LogP contribution in [0.4, 0.5) is 0 Å². The van der Waals surface area contributed by atoms with Crippen LogP contribution in [0.2, 0.25) is 0 Å². The highest BCUT2D eigenvalue weighted by Crippen LogP contribution is 2.38. The zero-order valence-corrected chi connectivity index (χ0v) is 18.8. The van der Waals surface area contributed by atoms with E-state index in [9.17, 15) is 4.57 Å². The molecular weight excluding hydrogens is 425 g/mol. The molecule has 0 unspecified atom stereocenters. The Hall–Kier alpha value is -1.94. The number of aromatic nitrogens is 4. The number of hydrogen-bond donors (Lipinski definition) is 3. The maximum atomic E-state index is 10.9. The minimum absolute atomic E-state index is 0.369. The van der Waals surface area contributed by atoms with E-state index in [1.165, 1.54) is 11.3 Å². The van der Waals surface area contributed by atoms with Crippen molar-refractivity contribution in [1.82, 2.24) is 20.0 Å². The molecule has 0 aliphatic heterocycles. The van der Waals surface area contributed by atoms with Crippen LogP contribution in [0.15, 0.2) is 36.7 Å². The highest BCUT2D eigenvalue weighted by atomic mass is 32.1. The Balaban J connectivity index is 1.70. The molecule has 1 atom stereocenters. The third kappa shape index (κ3) is 6.04. The first-order valence-corrected chi connectivity index (χ1v) is 11.8. The molecule has 9 nitrogen and oxygen atoms in total. The molecule has 0 bridgehead atoms. The molecule has 0 saturated heterocycles. The van der Waals surface area contributed by atoms with E-state index in [2.05, 4.69) is 33.7 Å². The third-order valence-corrected chi connectivity index (χ3v) is 6.20. The third-order valence-electron chi connectivity index (χ3n) is 4.48. The van der Waals surface area contributed by atoms with Crippen LogP contribution in [0, 0.1) is 5.92 Å². The molecule has 1 aromatic carbocycles. The van der Waals surface area contributed by atoms with E-state index >= 15 is 0 Å². The normalized spacial score (nSPS) is 14.2. The molecule has 4 N–H and O–H groups in total. The van der Waals surface area contributed by atoms with Gasteiger partial charge < -0.3 is 15.5 Å². The highest BCUT2D eigenvalue weighted by molar-refractivity contribution is 7.46. The summed E-state index contributed by atoms with van der Waals surface area (Å²) in [5.41, 5.74) is 7.93. The van der Waals surface area contributed by atoms with Crippen molar-refractivity contribution in [3.8, 4) is 21.7 Å². The monoisotopic (exact) mass is 451 g/mol. The first-order valence-electron chi connectivity index (χ1n) is 9.50. The van der Waals surface area contributed by atoms with Crippen LogP contribution < -0.4 is 5.73 Å². The van der Waals surface area contributed by atoms with Crippen LogP contribution in [0.1, 0.15) is 32.2 Å². The molecule has 30 heavy (non-hydrogen) atoms. The van der Waals surface area contributed by atoms with E-state index in [0.29, 0.717) is 15.9 Å². The van der Waals surface area contributed by atoms with Crippen molar-refractivity contribution in [2.45, 2.75) is 39.3 Å². The number of phosphoric acid groups is 1. The van der Waals surface area contributed by atoms with E-state index in [4.69, 9.17) is 15.5 Å². The number of rotatable bonds is 9. The van der Waals surface area contributed by atoms with Gasteiger partial charge in [0.05, 0.1) is 18.3 Å². The van der Waals surface area contributed by atoms with Gasteiger partial charge in [-0.1, -0.05) is 49.4 Å². The predicted octanol–water partition coefficient (Wildman–Crippen LogP) is 3.40. The predicted molar refractivity (Wildman–Crippen MR) is 116 cm³/mol. The molecule has 3 rings (SSSR count). The molecular formula is C19H26N5O4PS. The smallest absolute Gasteiger partial charge is 0.318 e. The first-order chi connectivity index (χ1) is 14.0. The summed E-state index contributed by atoms with van der Waals surface area (Å²) in [5, 5.41) is 13.8. The summed E-state index contributed by atoms with van der Waals surface area (Å²) < 4.78 is 17.4. The van der Waals surface area contributed by atoms with Crippen LogP contribution in [-0.4, -0.2) is 36.4 Å². The maximum absolute atomic E-state index is 10.9. The Morgan fingerprint density at radius 2 is 1.87 bits per heavy atom. The number of phosphoric ester groups is 1. The highest BCUT2D eigenvalue weighted by Gasteiger charge is 2.30. The van der Waals surface area contributed by atoms with Crippen LogP contribution in [-0.2, 0) is 21.2 Å². The second kappa shape index (κ2) is 9.05. The molecule has 0 aliphatic rings. The van der Waals surface area contributed by atoms with E-state index in [-0.39, 0.29) is 6.61 Å². The molecule has 0 fully saturated rings. The Morgan fingerprint density at radius 1 is 1.20 bits per heavy atom. The number of nitrogens with zero attached hydrogens (tertiary/aromatic N) is 4. The van der Waals surface area contributed by atoms with E-state index in [1.807, 2.05) is 41.3 Å². The summed E-state index contributed by atoms with van der Waals surface area (Å²) in [6.07, 6.45) is 4.99. The van der Waals surface area contributed by atoms with Crippen molar-refractivity contribution in [3.05, 3.63) is 41.7 Å². The molecule has 162 valence electrons. The molecule has 3 aromatic rings. The van der Waals surface area contributed by atoms with Gasteiger partial charge in [-0.3, -0.25) is 9.21 Å². The molecule has 0 amide bonds. The lowest BCUT2D eigenvalue weighted by Crippen LogP contribution is -2.37. The van der Waals surface area contributed by atoms with Gasteiger partial charge in [-0.05, 0) is 24.8 Å². The number of hydrogen-bond acceptors (Lipinski definition) is 7. The van der Waals surface area contributed by atoms with Crippen LogP contribution >= 0.6 is 19.2 Å². The van der Waals surface area contributed by atoms with E-state index < -0.39 is 13.4 Å². The standard InChI is InChI=1S/C19H26N5O4PS/c1-13(2)8-9-24-11-16(10-21-24)14-4-6-15(7-5-14)17-22-23-18(30-17)19(3,20)12-28-29(25,26)27/h4-7,10-11,13H,8-9,12,20H2,1-3H3,(H2,25,26,27)/t19-/m0/s1. The second-order valence-corrected chi connectivity index (χ2v) is 10.1. The van der Waals surface area contributed by atoms with Crippen LogP contribution in [0.25, 0.3) is 21.7 Å². The molecule has 0 radical (unpaired) electrons. The van der Waals surface area contributed by atoms with Crippen molar-refractivity contribution in [3.63, 3.8) is 0 Å². The average molecular weight is 451 g/mol. The van der Waals surface area contributed by atoms with Gasteiger partial charge in [-0.25, -0.2) is 4.57 Å². The lowest BCUT2D eigenvalue weighted by atomic mass is 10.1. The van der Waals surface area contributed by atoms with Gasteiger partial charge in [0.1, 0.15) is 10.0 Å². The fraction of sp³-hybridized carbons (Fsp3) is 0.421. The molecule has 0 spiro atoms. The van der Waals surface area contributed by atoms with Gasteiger partial charge in [-0.15, -0.1) is 10.2 Å². The van der Waals surface area contributed by atoms with Gasteiger partial charge in [-0.2, -0.15) is 5.10 Å². The molecule has 2 aromatic heterocycles. The van der Waals surface area contributed by atoms with Crippen LogP contribution in [0.5, 0.6) is 0 Å². The Labute approximate surface area is 179 Å². The van der Waals surface area contributed by atoms with Gasteiger partial charge in [0.25, 0.3) is 0 Å². The molecule has 11 heteroatoms. The number of aryl methyl sites for hydroxylation is 1. The minimum Gasteiger partial charge on any atom is -0.318 e. The fourth-order valence-corrected chi connectivity index (χ4v) is 4.01. The van der Waals surface area contributed by atoms with Crippen molar-refractivity contribution in [1.29, 1.82) is 0 Å². The maximum Gasteiger partial charge on any atom is 0.469 e. The Morgan fingerprint density at radius 3 is 2.50 bits per heavy atom. The first kappa shape index (κ1) is 22.7. The van der Waals surface area contributed by atoms with E-state index in [1.54, 1.807) is 6.92 Å². The summed E-state index contributed by atoms with van der Waals surface area (Å²) >= 11 is 1.26. The lowest BCUT2D eigenvalue weighted by Gasteiger charge is -2.21. The van der Waals surface area contributed by atoms with Crippen LogP contribution in [0.3, 0.4) is 0 Å². The van der Waals surface area contributed by atoms with Gasteiger partial charge in [0, 0.05) is 23.9 Å². The number of nitrogens with two attached hydrogens (primary N) is 1. The largest absolute Gasteiger partial charge is 0.469 e. The molecule has 0 aliphatic carbocycles. The van der Waals surface area contributed by atoms with Gasteiger partial charge in [0.2, 0.25) is 0 Å². The quantitative estimate of drug-likeness (QED) is 0.421. The summed E-state index contributed by atoms with van der Waals surface area (Å²) in [5.74, 6) is 0.632. The fourth-order valence-electron chi connectivity index (χ4n) is 2.68. The Bertz CT molecular complexity index is 1030. The number of benzene rings is 1. The molecule has 2 heterocycles. The summed E-state index contributed by atoms with van der Waals surface area (Å²) in [7, 11) is -4.61. The zero-order chi connectivity index (χ0) is 21.9. The Kier molecular flexibility index (Phi) is 6.86. The van der Waals surface area contributed by atoms with Crippen molar-refractivity contribution in [2.75, 3.05) is 6.61 Å². The van der Waals surface area contributed by atoms with E-state index in [0.717, 1.165) is 29.7 Å². The lowest BCUT2D eigenvalue weighted by molar-refractivity contribution is 0.158. The molecule has 0 saturated carbocycles. The second-order valence-electron chi connectivity index (χ2n) is 7.85. The average Bonchev–Trinajstić information content (AvgIpc) is 3.35. The summed E-state index contributed by atoms with van der Waals surface area (Å²) in [4.78, 5) is 17.8. The van der Waals surface area contributed by atoms with Gasteiger partial charge >= 0.3 is 7.82 Å². The minimum atomic E-state index is -4.61. The summed E-state index contributed by atoms with van der Waals surface area (Å²) in [6.45, 7) is 6.51. The van der Waals surface area contributed by atoms with Gasteiger partial charge in [0.15, 0.2) is 0 Å². The van der Waals surface area contributed by atoms with Crippen molar-refractivity contribution < 1.29 is 18.9 Å². The topological polar surface area (TPSA) is 136 Å².